The van der Waals surface area contributed by atoms with Gasteiger partial charge >= 0.3 is 0 Å². The van der Waals surface area contributed by atoms with Crippen molar-refractivity contribution in [3.05, 3.63) is 84.9 Å². The molecular weight excluding hydrogens is 761 g/mol. The van der Waals surface area contributed by atoms with Crippen LogP contribution in [0.1, 0.15) is 51.4 Å². The number of unbranched alkanes of at least 4 members (excludes halogenated alkanes) is 4. The molecule has 61 heavy (non-hydrogen) atoms. The van der Waals surface area contributed by atoms with Crippen LogP contribution in [0, 0.1) is 0 Å². The molecule has 0 aliphatic heterocycles. The number of rotatable bonds is 22. The highest BCUT2D eigenvalue weighted by atomic mass is 16.5. The topological polar surface area (TPSA) is 88.1 Å². The second kappa shape index (κ2) is 21.2. The SMILES string of the molecule is CN(C)c1ccc2cc3ccc(N(C)C)cc3[n+](CCCCCC(=O)NCCOCCNC(=O)CCCCC[n+]3c4cc(N(C)C)ccc4cc4ccc(N(C)C)cc43)c2c1. The number of carbonyl (C=O) groups is 2. The Bertz CT molecular complexity index is 2140. The Kier molecular flexibility index (Phi) is 15.6. The number of amides is 2. The number of anilines is 4. The van der Waals surface area contributed by atoms with Crippen molar-refractivity contribution in [3.63, 3.8) is 0 Å². The molecule has 6 rings (SSSR count). The average molecular weight is 829 g/mol. The van der Waals surface area contributed by atoms with Crippen molar-refractivity contribution in [1.29, 1.82) is 0 Å². The molecular formula is C50H68N8O3+2. The molecule has 2 amide bonds. The first-order valence-corrected chi connectivity index (χ1v) is 22.0. The number of hydrogen-bond acceptors (Lipinski definition) is 7. The van der Waals surface area contributed by atoms with Gasteiger partial charge in [0.1, 0.15) is 13.1 Å². The van der Waals surface area contributed by atoms with E-state index < -0.39 is 0 Å². The minimum absolute atomic E-state index is 0.0510. The van der Waals surface area contributed by atoms with Crippen LogP contribution in [0.3, 0.4) is 0 Å². The lowest BCUT2D eigenvalue weighted by atomic mass is 10.1. The van der Waals surface area contributed by atoms with Gasteiger partial charge < -0.3 is 35.0 Å². The van der Waals surface area contributed by atoms with Crippen LogP contribution in [-0.2, 0) is 27.4 Å². The Morgan fingerprint density at radius 2 is 0.754 bits per heavy atom. The smallest absolute Gasteiger partial charge is 0.220 e. The molecule has 2 N–H and O–H groups in total. The van der Waals surface area contributed by atoms with E-state index in [0.717, 1.165) is 51.6 Å². The number of nitrogens with one attached hydrogen (secondary N) is 2. The minimum atomic E-state index is 0.0510. The van der Waals surface area contributed by atoms with E-state index in [-0.39, 0.29) is 11.8 Å². The lowest BCUT2D eigenvalue weighted by Gasteiger charge is -2.15. The van der Waals surface area contributed by atoms with Gasteiger partial charge in [-0.1, -0.05) is 0 Å². The summed E-state index contributed by atoms with van der Waals surface area (Å²) in [6, 6.07) is 31.2. The van der Waals surface area contributed by atoms with Crippen molar-refractivity contribution in [3.8, 4) is 0 Å². The molecule has 0 saturated carbocycles. The fourth-order valence-corrected chi connectivity index (χ4v) is 8.01. The summed E-state index contributed by atoms with van der Waals surface area (Å²) in [5, 5.41) is 10.9. The first-order chi connectivity index (χ1) is 29.4. The summed E-state index contributed by atoms with van der Waals surface area (Å²) in [6.07, 6.45) is 6.56. The van der Waals surface area contributed by atoms with Crippen LogP contribution in [0.25, 0.3) is 43.6 Å². The number of fused-ring (bicyclic) bond motifs is 4. The lowest BCUT2D eigenvalue weighted by Crippen LogP contribution is -2.36. The molecule has 0 bridgehead atoms. The van der Waals surface area contributed by atoms with Crippen LogP contribution in [-0.4, -0.2) is 94.5 Å². The van der Waals surface area contributed by atoms with Gasteiger partial charge in [0.2, 0.25) is 33.9 Å². The maximum Gasteiger partial charge on any atom is 0.220 e. The van der Waals surface area contributed by atoms with Crippen LogP contribution in [0.2, 0.25) is 0 Å². The number of pyridine rings is 2. The summed E-state index contributed by atoms with van der Waals surface area (Å²) < 4.78 is 10.6. The zero-order valence-electron chi connectivity index (χ0n) is 37.9. The first kappa shape index (κ1) is 44.9. The summed E-state index contributed by atoms with van der Waals surface area (Å²) in [5.74, 6) is 0.102. The number of carbonyl (C=O) groups excluding carboxylic acids is 2. The summed E-state index contributed by atoms with van der Waals surface area (Å²) >= 11 is 0. The molecule has 2 heterocycles. The van der Waals surface area contributed by atoms with Crippen molar-refractivity contribution in [2.24, 2.45) is 0 Å². The maximum absolute atomic E-state index is 12.6. The average Bonchev–Trinajstić information content (AvgIpc) is 3.24. The first-order valence-electron chi connectivity index (χ1n) is 22.0. The number of ether oxygens (including phenoxy) is 1. The van der Waals surface area contributed by atoms with E-state index in [1.165, 1.54) is 66.4 Å². The number of nitrogens with zero attached hydrogens (tertiary/aromatic N) is 6. The van der Waals surface area contributed by atoms with Gasteiger partial charge in [0, 0.05) is 164 Å². The second-order valence-corrected chi connectivity index (χ2v) is 17.1. The summed E-state index contributed by atoms with van der Waals surface area (Å²) in [5.41, 5.74) is 9.60. The van der Waals surface area contributed by atoms with Gasteiger partial charge in [-0.3, -0.25) is 9.59 Å². The molecule has 0 fully saturated rings. The van der Waals surface area contributed by atoms with Gasteiger partial charge in [0.25, 0.3) is 0 Å². The summed E-state index contributed by atoms with van der Waals surface area (Å²) in [4.78, 5) is 33.7. The number of benzene rings is 4. The van der Waals surface area contributed by atoms with Crippen LogP contribution < -0.4 is 39.4 Å². The molecule has 11 heteroatoms. The van der Waals surface area contributed by atoms with E-state index in [4.69, 9.17) is 4.74 Å². The van der Waals surface area contributed by atoms with Crippen molar-refractivity contribution < 1.29 is 23.5 Å². The third kappa shape index (κ3) is 11.8. The van der Waals surface area contributed by atoms with Crippen LogP contribution >= 0.6 is 0 Å². The molecule has 0 radical (unpaired) electrons. The summed E-state index contributed by atoms with van der Waals surface area (Å²) in [7, 11) is 16.6. The van der Waals surface area contributed by atoms with E-state index in [1.807, 2.05) is 0 Å². The van der Waals surface area contributed by atoms with Crippen molar-refractivity contribution in [2.45, 2.75) is 64.5 Å². The third-order valence-corrected chi connectivity index (χ3v) is 11.6. The normalized spacial score (nSPS) is 11.4. The molecule has 0 aliphatic rings. The van der Waals surface area contributed by atoms with Crippen LogP contribution in [0.5, 0.6) is 0 Å². The Labute approximate surface area is 362 Å². The van der Waals surface area contributed by atoms with Gasteiger partial charge in [0.05, 0.1) is 13.2 Å². The van der Waals surface area contributed by atoms with E-state index >= 15 is 0 Å². The van der Waals surface area contributed by atoms with E-state index in [0.29, 0.717) is 39.1 Å². The van der Waals surface area contributed by atoms with Crippen LogP contribution in [0.15, 0.2) is 84.9 Å². The summed E-state index contributed by atoms with van der Waals surface area (Å²) in [6.45, 7) is 3.53. The molecule has 0 aliphatic carbocycles. The van der Waals surface area contributed by atoms with Gasteiger partial charge in [0.15, 0.2) is 0 Å². The molecule has 0 saturated heterocycles. The third-order valence-electron chi connectivity index (χ3n) is 11.6. The molecule has 0 spiro atoms. The quantitative estimate of drug-likeness (QED) is 0.0425. The molecule has 2 aromatic heterocycles. The predicted molar refractivity (Wildman–Crippen MR) is 254 cm³/mol. The van der Waals surface area contributed by atoms with Crippen molar-refractivity contribution in [1.82, 2.24) is 10.6 Å². The molecule has 0 unspecified atom stereocenters. The highest BCUT2D eigenvalue weighted by Gasteiger charge is 2.19. The minimum Gasteiger partial charge on any atom is -0.378 e. The van der Waals surface area contributed by atoms with E-state index in [2.05, 4.69) is 181 Å². The predicted octanol–water partition coefficient (Wildman–Crippen LogP) is 7.21. The van der Waals surface area contributed by atoms with Crippen molar-refractivity contribution in [2.75, 3.05) is 102 Å². The maximum atomic E-state index is 12.6. The van der Waals surface area contributed by atoms with Crippen molar-refractivity contribution >= 4 is 78.2 Å². The molecule has 6 aromatic rings. The molecule has 324 valence electrons. The Morgan fingerprint density at radius 1 is 0.443 bits per heavy atom. The van der Waals surface area contributed by atoms with Gasteiger partial charge in [-0.15, -0.1) is 0 Å². The highest BCUT2D eigenvalue weighted by molar-refractivity contribution is 5.92. The molecule has 11 nitrogen and oxygen atoms in total. The molecule has 0 atom stereocenters. The largest absolute Gasteiger partial charge is 0.378 e. The zero-order chi connectivity index (χ0) is 43.5. The fraction of sp³-hybridized carbons (Fsp3) is 0.440. The lowest BCUT2D eigenvalue weighted by molar-refractivity contribution is -0.646. The van der Waals surface area contributed by atoms with Gasteiger partial charge in [-0.05, 0) is 86.3 Å². The van der Waals surface area contributed by atoms with Crippen LogP contribution in [0.4, 0.5) is 22.7 Å². The molecule has 4 aromatic carbocycles. The number of hydrogen-bond donors (Lipinski definition) is 2. The number of aromatic nitrogens is 2. The van der Waals surface area contributed by atoms with E-state index in [9.17, 15) is 9.59 Å². The Balaban J connectivity index is 0.860. The standard InChI is InChI=1S/C50H66N8O3/c1-53(2)41-21-17-37-31-38-18-22-42(54(3)4)34-46(38)57(45(37)33-41)27-13-9-11-15-49(59)51-25-29-61-30-26-52-50(60)16-12-10-14-28-58-47-35-43(55(5)6)23-19-39(47)32-40-20-24-44(56(7)8)36-48(40)58/h17-24,31-36H,9-16,25-30H2,1-8H3/p+2. The fourth-order valence-electron chi connectivity index (χ4n) is 8.01. The van der Waals surface area contributed by atoms with E-state index in [1.54, 1.807) is 0 Å². The Morgan fingerprint density at radius 3 is 1.05 bits per heavy atom. The van der Waals surface area contributed by atoms with Gasteiger partial charge in [-0.25, -0.2) is 0 Å². The second-order valence-electron chi connectivity index (χ2n) is 17.1. The highest BCUT2D eigenvalue weighted by Crippen LogP contribution is 2.27. The Hall–Kier alpha value is -5.68. The monoisotopic (exact) mass is 829 g/mol. The van der Waals surface area contributed by atoms with Gasteiger partial charge in [-0.2, -0.15) is 9.13 Å². The number of aryl methyl sites for hydroxylation is 2. The zero-order valence-corrected chi connectivity index (χ0v) is 37.9.